The van der Waals surface area contributed by atoms with Gasteiger partial charge in [-0.15, -0.1) is 0 Å². The maximum Gasteiger partial charge on any atom is 0.221 e. The van der Waals surface area contributed by atoms with Gasteiger partial charge >= 0.3 is 0 Å². The van der Waals surface area contributed by atoms with Crippen LogP contribution in [0.15, 0.2) is 18.2 Å². The summed E-state index contributed by atoms with van der Waals surface area (Å²) >= 11 is 0. The van der Waals surface area contributed by atoms with Crippen molar-refractivity contribution in [2.45, 2.75) is 33.9 Å². The van der Waals surface area contributed by atoms with E-state index in [-0.39, 0.29) is 11.8 Å². The third-order valence-electron chi connectivity index (χ3n) is 3.84. The summed E-state index contributed by atoms with van der Waals surface area (Å²) in [5.41, 5.74) is 5.51. The number of aryl methyl sites for hydroxylation is 1. The van der Waals surface area contributed by atoms with Crippen LogP contribution in [0.1, 0.15) is 30.7 Å². The average molecular weight is 298 g/mol. The molecule has 2 heterocycles. The van der Waals surface area contributed by atoms with E-state index in [1.807, 2.05) is 25.1 Å². The van der Waals surface area contributed by atoms with Crippen LogP contribution >= 0.6 is 0 Å². The molecule has 114 valence electrons. The minimum Gasteiger partial charge on any atom is -0.332 e. The van der Waals surface area contributed by atoms with Crippen molar-refractivity contribution in [3.05, 3.63) is 35.0 Å². The van der Waals surface area contributed by atoms with E-state index in [0.717, 1.165) is 33.8 Å². The number of anilines is 1. The van der Waals surface area contributed by atoms with Gasteiger partial charge in [0.25, 0.3) is 0 Å². The summed E-state index contributed by atoms with van der Waals surface area (Å²) < 4.78 is 0. The maximum absolute atomic E-state index is 11.6. The molecule has 0 saturated heterocycles. The first-order chi connectivity index (χ1) is 10.5. The standard InChI is InChI=1S/C16H18N4O2/c1-9-4-5-14(17-10(2)21)12(6-9)16-13-7-20(11(3)22)8-15(13)18-19-16/h4-6H,7-8H2,1-3H3,(H,17,21)(H,18,19). The van der Waals surface area contributed by atoms with Crippen LogP contribution in [0.2, 0.25) is 0 Å². The molecule has 0 aliphatic carbocycles. The number of carbonyl (C=O) groups is 2. The molecule has 1 aromatic carbocycles. The number of carbonyl (C=O) groups excluding carboxylic acids is 2. The fourth-order valence-electron chi connectivity index (χ4n) is 2.74. The fourth-order valence-corrected chi connectivity index (χ4v) is 2.74. The van der Waals surface area contributed by atoms with Crippen LogP contribution < -0.4 is 5.32 Å². The first kappa shape index (κ1) is 14.3. The third kappa shape index (κ3) is 2.47. The smallest absolute Gasteiger partial charge is 0.221 e. The van der Waals surface area contributed by atoms with Gasteiger partial charge in [0.15, 0.2) is 0 Å². The number of hydrogen-bond donors (Lipinski definition) is 2. The largest absolute Gasteiger partial charge is 0.332 e. The summed E-state index contributed by atoms with van der Waals surface area (Å²) in [6.45, 7) is 6.12. The fraction of sp³-hybridized carbons (Fsp3) is 0.312. The third-order valence-corrected chi connectivity index (χ3v) is 3.84. The van der Waals surface area contributed by atoms with Crippen LogP contribution in [0.5, 0.6) is 0 Å². The molecule has 0 radical (unpaired) electrons. The molecular formula is C16H18N4O2. The summed E-state index contributed by atoms with van der Waals surface area (Å²) in [4.78, 5) is 24.7. The number of fused-ring (bicyclic) bond motifs is 1. The molecule has 0 unspecified atom stereocenters. The van der Waals surface area contributed by atoms with Crippen molar-refractivity contribution in [2.75, 3.05) is 5.32 Å². The van der Waals surface area contributed by atoms with E-state index < -0.39 is 0 Å². The SMILES string of the molecule is CC(=O)Nc1ccc(C)cc1-c1[nH]nc2c1CN(C(C)=O)C2. The Hall–Kier alpha value is -2.63. The summed E-state index contributed by atoms with van der Waals surface area (Å²) in [5, 5.41) is 10.2. The molecule has 1 aromatic heterocycles. The number of rotatable bonds is 2. The molecule has 2 N–H and O–H groups in total. The Morgan fingerprint density at radius 1 is 1.27 bits per heavy atom. The highest BCUT2D eigenvalue weighted by Gasteiger charge is 2.27. The summed E-state index contributed by atoms with van der Waals surface area (Å²) in [6.07, 6.45) is 0. The molecule has 0 bridgehead atoms. The molecule has 1 aliphatic heterocycles. The van der Waals surface area contributed by atoms with Crippen LogP contribution in [-0.2, 0) is 22.7 Å². The van der Waals surface area contributed by atoms with E-state index in [2.05, 4.69) is 15.5 Å². The Morgan fingerprint density at radius 2 is 2.05 bits per heavy atom. The molecule has 1 aliphatic rings. The lowest BCUT2D eigenvalue weighted by Gasteiger charge is -2.14. The van der Waals surface area contributed by atoms with Crippen molar-refractivity contribution in [1.29, 1.82) is 0 Å². The highest BCUT2D eigenvalue weighted by molar-refractivity contribution is 5.94. The van der Waals surface area contributed by atoms with E-state index in [4.69, 9.17) is 0 Å². The number of benzene rings is 1. The molecule has 6 heteroatoms. The van der Waals surface area contributed by atoms with Crippen molar-refractivity contribution in [1.82, 2.24) is 15.1 Å². The van der Waals surface area contributed by atoms with Crippen molar-refractivity contribution in [3.8, 4) is 11.3 Å². The van der Waals surface area contributed by atoms with E-state index in [0.29, 0.717) is 13.1 Å². The van der Waals surface area contributed by atoms with Crippen LogP contribution in [0.3, 0.4) is 0 Å². The predicted octanol–water partition coefficient (Wildman–Crippen LogP) is 2.21. The molecule has 22 heavy (non-hydrogen) atoms. The van der Waals surface area contributed by atoms with Crippen molar-refractivity contribution < 1.29 is 9.59 Å². The van der Waals surface area contributed by atoms with Crippen LogP contribution in [-0.4, -0.2) is 26.9 Å². The zero-order chi connectivity index (χ0) is 15.9. The van der Waals surface area contributed by atoms with E-state index in [1.165, 1.54) is 6.92 Å². The quantitative estimate of drug-likeness (QED) is 0.892. The molecule has 0 fully saturated rings. The van der Waals surface area contributed by atoms with Gasteiger partial charge in [0.05, 0.1) is 30.2 Å². The summed E-state index contributed by atoms with van der Waals surface area (Å²) in [7, 11) is 0. The van der Waals surface area contributed by atoms with Gasteiger partial charge < -0.3 is 10.2 Å². The minimum atomic E-state index is -0.119. The maximum atomic E-state index is 11.6. The average Bonchev–Trinajstić information content (AvgIpc) is 3.00. The highest BCUT2D eigenvalue weighted by atomic mass is 16.2. The van der Waals surface area contributed by atoms with Crippen molar-refractivity contribution >= 4 is 17.5 Å². The summed E-state index contributed by atoms with van der Waals surface area (Å²) in [6, 6.07) is 5.85. The van der Waals surface area contributed by atoms with E-state index in [1.54, 1.807) is 11.8 Å². The Morgan fingerprint density at radius 3 is 2.73 bits per heavy atom. The van der Waals surface area contributed by atoms with Crippen LogP contribution in [0, 0.1) is 6.92 Å². The normalized spacial score (nSPS) is 13.1. The molecule has 2 amide bonds. The van der Waals surface area contributed by atoms with Gasteiger partial charge in [0.2, 0.25) is 11.8 Å². The van der Waals surface area contributed by atoms with Crippen molar-refractivity contribution in [3.63, 3.8) is 0 Å². The van der Waals surface area contributed by atoms with Crippen LogP contribution in [0.4, 0.5) is 5.69 Å². The van der Waals surface area contributed by atoms with Crippen LogP contribution in [0.25, 0.3) is 11.3 Å². The predicted molar refractivity (Wildman–Crippen MR) is 83.0 cm³/mol. The molecule has 2 aromatic rings. The molecule has 6 nitrogen and oxygen atoms in total. The number of nitrogens with zero attached hydrogens (tertiary/aromatic N) is 2. The number of aromatic amines is 1. The lowest BCUT2D eigenvalue weighted by atomic mass is 10.0. The molecular weight excluding hydrogens is 280 g/mol. The number of H-pyrrole nitrogens is 1. The second-order valence-electron chi connectivity index (χ2n) is 5.63. The number of amides is 2. The van der Waals surface area contributed by atoms with Gasteiger partial charge in [-0.3, -0.25) is 14.7 Å². The van der Waals surface area contributed by atoms with Gasteiger partial charge in [-0.2, -0.15) is 5.10 Å². The van der Waals surface area contributed by atoms with Gasteiger partial charge in [-0.1, -0.05) is 11.6 Å². The highest BCUT2D eigenvalue weighted by Crippen LogP contribution is 2.35. The summed E-state index contributed by atoms with van der Waals surface area (Å²) in [5.74, 6) is -0.0816. The topological polar surface area (TPSA) is 78.1 Å². The molecule has 0 spiro atoms. The van der Waals surface area contributed by atoms with E-state index in [9.17, 15) is 9.59 Å². The Labute approximate surface area is 128 Å². The molecule has 0 saturated carbocycles. The Bertz CT molecular complexity index is 764. The molecule has 3 rings (SSSR count). The second-order valence-corrected chi connectivity index (χ2v) is 5.63. The van der Waals surface area contributed by atoms with Gasteiger partial charge in [-0.25, -0.2) is 0 Å². The zero-order valence-corrected chi connectivity index (χ0v) is 12.9. The Kier molecular flexibility index (Phi) is 3.44. The van der Waals surface area contributed by atoms with Crippen molar-refractivity contribution in [2.24, 2.45) is 0 Å². The first-order valence-electron chi connectivity index (χ1n) is 7.16. The van der Waals surface area contributed by atoms with E-state index >= 15 is 0 Å². The van der Waals surface area contributed by atoms with Gasteiger partial charge in [-0.05, 0) is 19.1 Å². The minimum absolute atomic E-state index is 0.0373. The lowest BCUT2D eigenvalue weighted by molar-refractivity contribution is -0.129. The monoisotopic (exact) mass is 298 g/mol. The number of nitrogens with one attached hydrogen (secondary N) is 2. The first-order valence-corrected chi connectivity index (χ1v) is 7.16. The lowest BCUT2D eigenvalue weighted by Crippen LogP contribution is -2.22. The van der Waals surface area contributed by atoms with Gasteiger partial charge in [0.1, 0.15) is 0 Å². The van der Waals surface area contributed by atoms with Gasteiger partial charge in [0, 0.05) is 25.0 Å². The number of aromatic nitrogens is 2. The number of hydrogen-bond acceptors (Lipinski definition) is 3. The molecule has 0 atom stereocenters. The second kappa shape index (κ2) is 5.29. The zero-order valence-electron chi connectivity index (χ0n) is 12.9. The Balaban J connectivity index is 2.05.